The van der Waals surface area contributed by atoms with Gasteiger partial charge in [0.25, 0.3) is 0 Å². The quantitative estimate of drug-likeness (QED) is 0.386. The second kappa shape index (κ2) is 9.07. The van der Waals surface area contributed by atoms with E-state index in [0.717, 1.165) is 5.69 Å². The van der Waals surface area contributed by atoms with E-state index in [0.29, 0.717) is 39.3 Å². The number of hydrogen-bond acceptors (Lipinski definition) is 6. The van der Waals surface area contributed by atoms with E-state index in [4.69, 9.17) is 22.3 Å². The second-order valence-electron chi connectivity index (χ2n) is 7.92. The van der Waals surface area contributed by atoms with Crippen LogP contribution in [0.15, 0.2) is 60.7 Å². The van der Waals surface area contributed by atoms with Crippen LogP contribution in [0.2, 0.25) is 5.02 Å². The standard InChI is InChI=1S/C25H22ClN5O3/c1-13(27)22(15(3)32)21-11-29-23-18(16-7-8-17(25(33)34)19(26)10-16)12-31(24(23)30-21)14(2)20-6-4-5-9-28-20/h4-12,14H,27H2,1-3H3,(H,33,34)/t14-/m0/s1. The lowest BCUT2D eigenvalue weighted by Crippen LogP contribution is -2.10. The van der Waals surface area contributed by atoms with E-state index in [1.807, 2.05) is 35.9 Å². The summed E-state index contributed by atoms with van der Waals surface area (Å²) in [7, 11) is 0. The fraction of sp³-hybridized carbons (Fsp3) is 0.160. The lowest BCUT2D eigenvalue weighted by atomic mass is 10.1. The van der Waals surface area contributed by atoms with E-state index >= 15 is 0 Å². The molecule has 0 aliphatic carbocycles. The van der Waals surface area contributed by atoms with E-state index in [-0.39, 0.29) is 22.4 Å². The van der Waals surface area contributed by atoms with Crippen molar-refractivity contribution in [2.24, 2.45) is 5.73 Å². The summed E-state index contributed by atoms with van der Waals surface area (Å²) >= 11 is 6.24. The van der Waals surface area contributed by atoms with Gasteiger partial charge in [0.2, 0.25) is 0 Å². The molecule has 3 N–H and O–H groups in total. The Labute approximate surface area is 200 Å². The fourth-order valence-electron chi connectivity index (χ4n) is 3.92. The molecule has 1 aromatic carbocycles. The van der Waals surface area contributed by atoms with Gasteiger partial charge in [-0.1, -0.05) is 23.7 Å². The van der Waals surface area contributed by atoms with Crippen LogP contribution in [0.4, 0.5) is 0 Å². The van der Waals surface area contributed by atoms with Gasteiger partial charge in [-0.2, -0.15) is 0 Å². The van der Waals surface area contributed by atoms with Gasteiger partial charge in [-0.25, -0.2) is 14.8 Å². The van der Waals surface area contributed by atoms with E-state index in [2.05, 4.69) is 9.97 Å². The monoisotopic (exact) mass is 475 g/mol. The summed E-state index contributed by atoms with van der Waals surface area (Å²) in [6, 6.07) is 10.2. The molecule has 0 fully saturated rings. The van der Waals surface area contributed by atoms with Gasteiger partial charge in [-0.15, -0.1) is 0 Å². The molecule has 0 radical (unpaired) electrons. The molecule has 0 aliphatic rings. The number of ketones is 1. The average molecular weight is 476 g/mol. The average Bonchev–Trinajstić information content (AvgIpc) is 3.17. The summed E-state index contributed by atoms with van der Waals surface area (Å²) in [6.07, 6.45) is 5.11. The normalized spacial score (nSPS) is 12.9. The molecule has 0 spiro atoms. The maximum absolute atomic E-state index is 12.2. The molecule has 3 aromatic heterocycles. The van der Waals surface area contributed by atoms with Crippen molar-refractivity contribution in [3.8, 4) is 11.1 Å². The Bertz CT molecular complexity index is 1460. The van der Waals surface area contributed by atoms with Gasteiger partial charge in [-0.05, 0) is 50.6 Å². The van der Waals surface area contributed by atoms with Gasteiger partial charge in [0, 0.05) is 23.7 Å². The van der Waals surface area contributed by atoms with Gasteiger partial charge in [0.15, 0.2) is 11.4 Å². The van der Waals surface area contributed by atoms with E-state index in [1.54, 1.807) is 25.3 Å². The summed E-state index contributed by atoms with van der Waals surface area (Å²) in [5, 5.41) is 9.43. The largest absolute Gasteiger partial charge is 0.478 e. The molecule has 4 aromatic rings. The number of pyridine rings is 1. The van der Waals surface area contributed by atoms with Crippen LogP contribution in [0, 0.1) is 0 Å². The highest BCUT2D eigenvalue weighted by Crippen LogP contribution is 2.34. The third-order valence-corrected chi connectivity index (χ3v) is 5.88. The number of carboxylic acids is 1. The summed E-state index contributed by atoms with van der Waals surface area (Å²) in [5.41, 5.74) is 10.3. The topological polar surface area (TPSA) is 124 Å². The zero-order valence-electron chi connectivity index (χ0n) is 18.8. The smallest absolute Gasteiger partial charge is 0.337 e. The van der Waals surface area contributed by atoms with Crippen LogP contribution < -0.4 is 5.73 Å². The molecule has 0 aliphatic heterocycles. The highest BCUT2D eigenvalue weighted by Gasteiger charge is 2.22. The zero-order chi connectivity index (χ0) is 24.6. The first-order chi connectivity index (χ1) is 16.2. The number of aromatic carboxylic acids is 1. The Hall–Kier alpha value is -4.04. The third kappa shape index (κ3) is 4.15. The summed E-state index contributed by atoms with van der Waals surface area (Å²) in [6.45, 7) is 5.07. The number of benzene rings is 1. The Balaban J connectivity index is 1.98. The molecule has 0 saturated heterocycles. The molecular formula is C25H22ClN5O3. The number of fused-ring (bicyclic) bond motifs is 1. The Morgan fingerprint density at radius 3 is 2.50 bits per heavy atom. The zero-order valence-corrected chi connectivity index (χ0v) is 19.5. The van der Waals surface area contributed by atoms with Crippen LogP contribution in [-0.2, 0) is 4.79 Å². The number of allylic oxidation sites excluding steroid dienone is 2. The minimum Gasteiger partial charge on any atom is -0.478 e. The first-order valence-corrected chi connectivity index (χ1v) is 10.9. The van der Waals surface area contributed by atoms with E-state index < -0.39 is 5.97 Å². The first-order valence-electron chi connectivity index (χ1n) is 10.5. The van der Waals surface area contributed by atoms with Crippen molar-refractivity contribution >= 4 is 40.1 Å². The molecule has 0 unspecified atom stereocenters. The van der Waals surface area contributed by atoms with Gasteiger partial charge in [0.05, 0.1) is 39.8 Å². The molecule has 0 bridgehead atoms. The molecule has 9 heteroatoms. The van der Waals surface area contributed by atoms with Crippen molar-refractivity contribution in [2.45, 2.75) is 26.8 Å². The molecule has 8 nitrogen and oxygen atoms in total. The summed E-state index contributed by atoms with van der Waals surface area (Å²) in [4.78, 5) is 37.5. The number of carbonyl (C=O) groups is 2. The predicted molar refractivity (Wildman–Crippen MR) is 130 cm³/mol. The molecule has 4 rings (SSSR count). The molecule has 3 heterocycles. The van der Waals surface area contributed by atoms with Gasteiger partial charge >= 0.3 is 5.97 Å². The molecule has 1 atom stereocenters. The molecular weight excluding hydrogens is 454 g/mol. The van der Waals surface area contributed by atoms with Gasteiger partial charge < -0.3 is 15.4 Å². The van der Waals surface area contributed by atoms with Gasteiger partial charge in [-0.3, -0.25) is 9.78 Å². The molecule has 172 valence electrons. The summed E-state index contributed by atoms with van der Waals surface area (Å²) < 4.78 is 1.92. The predicted octanol–water partition coefficient (Wildman–Crippen LogP) is 4.73. The van der Waals surface area contributed by atoms with Crippen LogP contribution in [-0.4, -0.2) is 36.4 Å². The minimum absolute atomic E-state index is 0.0130. The summed E-state index contributed by atoms with van der Waals surface area (Å²) in [5.74, 6) is -1.31. The van der Waals surface area contributed by atoms with Crippen molar-refractivity contribution in [3.05, 3.63) is 82.7 Å². The number of hydrogen-bond donors (Lipinski definition) is 2. The van der Waals surface area contributed by atoms with E-state index in [1.165, 1.54) is 19.2 Å². The lowest BCUT2D eigenvalue weighted by Gasteiger charge is -2.14. The van der Waals surface area contributed by atoms with Crippen molar-refractivity contribution in [1.29, 1.82) is 0 Å². The highest BCUT2D eigenvalue weighted by atomic mass is 35.5. The number of nitrogens with two attached hydrogens (primary N) is 1. The highest BCUT2D eigenvalue weighted by molar-refractivity contribution is 6.33. The van der Waals surface area contributed by atoms with Crippen molar-refractivity contribution < 1.29 is 14.7 Å². The number of carbonyl (C=O) groups excluding carboxylic acids is 1. The van der Waals surface area contributed by atoms with Crippen molar-refractivity contribution in [2.75, 3.05) is 0 Å². The maximum atomic E-state index is 12.2. The Morgan fingerprint density at radius 1 is 1.15 bits per heavy atom. The van der Waals surface area contributed by atoms with Gasteiger partial charge in [0.1, 0.15) is 5.52 Å². The number of nitrogens with zero attached hydrogens (tertiary/aromatic N) is 4. The minimum atomic E-state index is -1.10. The van der Waals surface area contributed by atoms with Crippen molar-refractivity contribution in [3.63, 3.8) is 0 Å². The number of halogens is 1. The van der Waals surface area contributed by atoms with Crippen molar-refractivity contribution in [1.82, 2.24) is 19.5 Å². The Morgan fingerprint density at radius 2 is 1.91 bits per heavy atom. The van der Waals surface area contributed by atoms with Crippen LogP contribution in [0.25, 0.3) is 27.9 Å². The lowest BCUT2D eigenvalue weighted by molar-refractivity contribution is -0.111. The molecule has 34 heavy (non-hydrogen) atoms. The molecule has 0 amide bonds. The number of aromatic nitrogens is 4. The van der Waals surface area contributed by atoms with E-state index in [9.17, 15) is 14.7 Å². The maximum Gasteiger partial charge on any atom is 0.337 e. The first kappa shape index (κ1) is 23.1. The SMILES string of the molecule is CC(=O)C(=C(C)N)c1cnc2c(-c3ccc(C(=O)O)c(Cl)c3)cn([C@@H](C)c3ccccn3)c2n1. The van der Waals surface area contributed by atoms with Crippen LogP contribution >= 0.6 is 11.6 Å². The van der Waals surface area contributed by atoms with Crippen LogP contribution in [0.5, 0.6) is 0 Å². The number of carboxylic acid groups (broad SMARTS) is 1. The second-order valence-corrected chi connectivity index (χ2v) is 8.33. The molecule has 0 saturated carbocycles. The van der Waals surface area contributed by atoms with Crippen LogP contribution in [0.1, 0.15) is 48.6 Å². The van der Waals surface area contributed by atoms with Crippen LogP contribution in [0.3, 0.4) is 0 Å². The third-order valence-electron chi connectivity index (χ3n) is 5.57. The number of Topliss-reactive ketones (excluding diaryl/α,β-unsaturated/α-hetero) is 1. The Kier molecular flexibility index (Phi) is 6.17. The fourth-order valence-corrected chi connectivity index (χ4v) is 4.18. The number of rotatable bonds is 6.